The SMILES string of the molecule is CC(=Nc1c(C)cccc1O[Si](C)C)c1cnccn1.[H+]. The molecule has 1 aromatic carbocycles. The van der Waals surface area contributed by atoms with Gasteiger partial charge in [0.1, 0.15) is 17.1 Å². The van der Waals surface area contributed by atoms with Crippen molar-refractivity contribution >= 4 is 20.4 Å². The first-order chi connectivity index (χ1) is 9.58. The van der Waals surface area contributed by atoms with Crippen LogP contribution in [0.1, 0.15) is 19.6 Å². The van der Waals surface area contributed by atoms with Crippen LogP contribution in [-0.2, 0) is 0 Å². The molecule has 2 rings (SSSR count). The fraction of sp³-hybridized carbons (Fsp3) is 0.267. The minimum atomic E-state index is -0.822. The Morgan fingerprint density at radius 1 is 1.30 bits per heavy atom. The van der Waals surface area contributed by atoms with Crippen molar-refractivity contribution < 1.29 is 5.85 Å². The fourth-order valence-corrected chi connectivity index (χ4v) is 2.39. The Morgan fingerprint density at radius 2 is 2.10 bits per heavy atom. The molecule has 4 nitrogen and oxygen atoms in total. The van der Waals surface area contributed by atoms with Gasteiger partial charge in [0.05, 0.1) is 11.9 Å². The molecule has 0 aliphatic carbocycles. The zero-order valence-electron chi connectivity index (χ0n) is 13.2. The number of para-hydroxylation sites is 1. The summed E-state index contributed by atoms with van der Waals surface area (Å²) in [6.07, 6.45) is 5.04. The lowest BCUT2D eigenvalue weighted by molar-refractivity contribution is 0.581. The molecule has 0 fully saturated rings. The van der Waals surface area contributed by atoms with Crippen LogP contribution in [0.4, 0.5) is 5.69 Å². The van der Waals surface area contributed by atoms with E-state index in [2.05, 4.69) is 28.1 Å². The van der Waals surface area contributed by atoms with Crippen molar-refractivity contribution in [1.82, 2.24) is 9.97 Å². The Kier molecular flexibility index (Phi) is 4.63. The van der Waals surface area contributed by atoms with E-state index < -0.39 is 9.04 Å². The fourth-order valence-electron chi connectivity index (χ4n) is 1.79. The number of aromatic nitrogens is 2. The molecular formula is C15H19N3OSi+. The van der Waals surface area contributed by atoms with Crippen LogP contribution in [0, 0.1) is 6.92 Å². The van der Waals surface area contributed by atoms with Gasteiger partial charge in [0, 0.05) is 12.4 Å². The zero-order valence-corrected chi connectivity index (χ0v) is 13.2. The second kappa shape index (κ2) is 6.43. The van der Waals surface area contributed by atoms with Crippen molar-refractivity contribution in [2.24, 2.45) is 4.99 Å². The van der Waals surface area contributed by atoms with Gasteiger partial charge in [0.15, 0.2) is 0 Å². The van der Waals surface area contributed by atoms with Gasteiger partial charge in [-0.3, -0.25) is 9.97 Å². The minimum absolute atomic E-state index is 0. The molecule has 0 saturated heterocycles. The molecule has 0 bridgehead atoms. The smallest absolute Gasteiger partial charge is 0.541 e. The van der Waals surface area contributed by atoms with Crippen molar-refractivity contribution in [2.75, 3.05) is 0 Å². The van der Waals surface area contributed by atoms with Crippen LogP contribution in [0.2, 0.25) is 13.1 Å². The predicted molar refractivity (Wildman–Crippen MR) is 84.3 cm³/mol. The van der Waals surface area contributed by atoms with E-state index in [0.29, 0.717) is 0 Å². The van der Waals surface area contributed by atoms with E-state index in [1.165, 1.54) is 0 Å². The largest absolute Gasteiger partial charge is 1.00 e. The lowest BCUT2D eigenvalue weighted by Crippen LogP contribution is -2.11. The molecule has 0 atom stereocenters. The number of benzene rings is 1. The first kappa shape index (κ1) is 14.4. The summed E-state index contributed by atoms with van der Waals surface area (Å²) in [7, 11) is -0.822. The summed E-state index contributed by atoms with van der Waals surface area (Å²) in [6.45, 7) is 8.18. The van der Waals surface area contributed by atoms with Crippen LogP contribution in [0.5, 0.6) is 5.75 Å². The van der Waals surface area contributed by atoms with Gasteiger partial charge < -0.3 is 4.43 Å². The summed E-state index contributed by atoms with van der Waals surface area (Å²) in [5, 5.41) is 0. The van der Waals surface area contributed by atoms with Gasteiger partial charge in [0.2, 0.25) is 0 Å². The highest BCUT2D eigenvalue weighted by atomic mass is 28.3. The van der Waals surface area contributed by atoms with Crippen LogP contribution >= 0.6 is 0 Å². The number of nitrogens with zero attached hydrogens (tertiary/aromatic N) is 3. The average molecular weight is 285 g/mol. The van der Waals surface area contributed by atoms with Gasteiger partial charge in [-0.15, -0.1) is 0 Å². The van der Waals surface area contributed by atoms with E-state index in [1.807, 2.05) is 32.0 Å². The molecule has 0 spiro atoms. The lowest BCUT2D eigenvalue weighted by Gasteiger charge is -2.13. The molecule has 0 aliphatic rings. The number of aliphatic imine (C=N–C) groups is 1. The number of rotatable bonds is 4. The maximum atomic E-state index is 5.92. The Hall–Kier alpha value is -2.01. The molecule has 5 heteroatoms. The predicted octanol–water partition coefficient (Wildman–Crippen LogP) is 3.67. The number of hydrogen-bond acceptors (Lipinski definition) is 4. The van der Waals surface area contributed by atoms with Gasteiger partial charge in [-0.05, 0) is 38.6 Å². The Morgan fingerprint density at radius 3 is 2.75 bits per heavy atom. The molecule has 0 aliphatic heterocycles. The van der Waals surface area contributed by atoms with E-state index in [1.54, 1.807) is 18.6 Å². The van der Waals surface area contributed by atoms with Crippen LogP contribution < -0.4 is 4.43 Å². The van der Waals surface area contributed by atoms with Crippen molar-refractivity contribution in [2.45, 2.75) is 26.9 Å². The van der Waals surface area contributed by atoms with E-state index in [-0.39, 0.29) is 1.43 Å². The third-order valence-corrected chi connectivity index (χ3v) is 3.36. The van der Waals surface area contributed by atoms with E-state index in [9.17, 15) is 0 Å². The van der Waals surface area contributed by atoms with E-state index in [4.69, 9.17) is 4.43 Å². The molecule has 1 radical (unpaired) electrons. The second-order valence-corrected chi connectivity index (χ2v) is 6.74. The van der Waals surface area contributed by atoms with Crippen molar-refractivity contribution in [3.8, 4) is 5.75 Å². The molecule has 20 heavy (non-hydrogen) atoms. The van der Waals surface area contributed by atoms with E-state index in [0.717, 1.165) is 28.4 Å². The van der Waals surface area contributed by atoms with Crippen LogP contribution in [0.3, 0.4) is 0 Å². The Labute approximate surface area is 122 Å². The monoisotopic (exact) mass is 285 g/mol. The second-order valence-electron chi connectivity index (χ2n) is 4.72. The van der Waals surface area contributed by atoms with Crippen LogP contribution in [-0.4, -0.2) is 24.7 Å². The summed E-state index contributed by atoms with van der Waals surface area (Å²) in [4.78, 5) is 13.0. The van der Waals surface area contributed by atoms with E-state index >= 15 is 0 Å². The standard InChI is InChI=1S/C15H18N3OSi/c1-11-6-5-7-14(19-20(3)4)15(11)18-12(2)13-10-16-8-9-17-13/h5-10H,1-4H3/p+1. The summed E-state index contributed by atoms with van der Waals surface area (Å²) in [5.74, 6) is 0.840. The van der Waals surface area contributed by atoms with Gasteiger partial charge >= 0.3 is 1.43 Å². The van der Waals surface area contributed by atoms with Crippen LogP contribution in [0.15, 0.2) is 41.8 Å². The summed E-state index contributed by atoms with van der Waals surface area (Å²) >= 11 is 0. The van der Waals surface area contributed by atoms with Crippen LogP contribution in [0.25, 0.3) is 0 Å². The molecule has 0 N–H and O–H groups in total. The maximum absolute atomic E-state index is 5.92. The van der Waals surface area contributed by atoms with Crippen molar-refractivity contribution in [1.29, 1.82) is 0 Å². The number of aryl methyl sites for hydroxylation is 1. The highest BCUT2D eigenvalue weighted by Gasteiger charge is 2.10. The first-order valence-electron chi connectivity index (χ1n) is 6.47. The van der Waals surface area contributed by atoms with Gasteiger partial charge in [-0.2, -0.15) is 0 Å². The molecule has 1 aromatic heterocycles. The summed E-state index contributed by atoms with van der Waals surface area (Å²) < 4.78 is 5.92. The minimum Gasteiger partial charge on any atom is -0.541 e. The number of hydrogen-bond donors (Lipinski definition) is 0. The topological polar surface area (TPSA) is 47.4 Å². The van der Waals surface area contributed by atoms with Gasteiger partial charge in [-0.1, -0.05) is 12.1 Å². The third-order valence-electron chi connectivity index (χ3n) is 2.73. The summed E-state index contributed by atoms with van der Waals surface area (Å²) in [5.41, 5.74) is 3.58. The van der Waals surface area contributed by atoms with Crippen molar-refractivity contribution in [3.05, 3.63) is 48.0 Å². The maximum Gasteiger partial charge on any atom is 1.00 e. The molecule has 1 heterocycles. The van der Waals surface area contributed by atoms with Gasteiger partial charge in [0.25, 0.3) is 9.04 Å². The molecule has 2 aromatic rings. The molecule has 0 unspecified atom stereocenters. The summed E-state index contributed by atoms with van der Waals surface area (Å²) in [6, 6.07) is 5.99. The normalized spacial score (nSPS) is 11.8. The molecule has 0 saturated carbocycles. The third kappa shape index (κ3) is 3.51. The molecule has 0 amide bonds. The molecular weight excluding hydrogens is 266 g/mol. The first-order valence-corrected chi connectivity index (χ1v) is 8.88. The molecule has 103 valence electrons. The Bertz CT molecular complexity index is 618. The van der Waals surface area contributed by atoms with Gasteiger partial charge in [-0.25, -0.2) is 4.99 Å². The van der Waals surface area contributed by atoms with Crippen molar-refractivity contribution in [3.63, 3.8) is 0 Å². The Balaban J connectivity index is 0.00000220. The zero-order chi connectivity index (χ0) is 14.5. The highest BCUT2D eigenvalue weighted by Crippen LogP contribution is 2.32. The average Bonchev–Trinajstić information content (AvgIpc) is 2.43. The lowest BCUT2D eigenvalue weighted by atomic mass is 10.2. The highest BCUT2D eigenvalue weighted by molar-refractivity contribution is 6.49. The quantitative estimate of drug-likeness (QED) is 0.636.